The number of benzene rings is 2. The van der Waals surface area contributed by atoms with Crippen LogP contribution in [0, 0.1) is 5.82 Å². The molecule has 1 heterocycles. The maximum atomic E-state index is 13.3. The lowest BCUT2D eigenvalue weighted by atomic mass is 9.90. The molecule has 1 aliphatic rings. The molecule has 0 bridgehead atoms. The molecule has 0 radical (unpaired) electrons. The van der Waals surface area contributed by atoms with Gasteiger partial charge in [0.05, 0.1) is 24.4 Å². The van der Waals surface area contributed by atoms with Crippen molar-refractivity contribution in [3.8, 4) is 0 Å². The number of thiocarbonyl (C=S) groups is 1. The predicted octanol–water partition coefficient (Wildman–Crippen LogP) is 3.15. The van der Waals surface area contributed by atoms with Gasteiger partial charge in [-0.15, -0.1) is 0 Å². The molecule has 0 fully saturated rings. The molecule has 2 N–H and O–H groups in total. The number of carbonyl (C=O) groups excluding carboxylic acids is 2. The molecule has 0 spiro atoms. The van der Waals surface area contributed by atoms with E-state index in [9.17, 15) is 14.0 Å². The van der Waals surface area contributed by atoms with Crippen molar-refractivity contribution in [2.24, 2.45) is 0 Å². The first-order chi connectivity index (χ1) is 12.9. The van der Waals surface area contributed by atoms with Gasteiger partial charge in [-0.1, -0.05) is 23.7 Å². The molecule has 0 saturated carbocycles. The van der Waals surface area contributed by atoms with E-state index in [-0.39, 0.29) is 10.7 Å². The van der Waals surface area contributed by atoms with Gasteiger partial charge in [-0.05, 0) is 59.7 Å². The number of hydrogen-bond donors (Lipinski definition) is 2. The molecule has 1 atom stereocenters. The Kier molecular flexibility index (Phi) is 5.53. The molecule has 138 valence electrons. The molecule has 2 aromatic carbocycles. The van der Waals surface area contributed by atoms with Crippen LogP contribution in [0.1, 0.15) is 17.2 Å². The second kappa shape index (κ2) is 7.85. The van der Waals surface area contributed by atoms with E-state index in [0.717, 1.165) is 7.11 Å². The lowest BCUT2D eigenvalue weighted by Crippen LogP contribution is -2.46. The SMILES string of the molecule is COC(=O)C(=O)C1=C(c2ccc(F)cc2)NC(=S)N[C@@H]1c1ccc(Cl)cc1. The van der Waals surface area contributed by atoms with Gasteiger partial charge in [0.2, 0.25) is 0 Å². The lowest BCUT2D eigenvalue weighted by molar-refractivity contribution is -0.150. The van der Waals surface area contributed by atoms with Crippen LogP contribution in [0.5, 0.6) is 0 Å². The lowest BCUT2D eigenvalue weighted by Gasteiger charge is -2.31. The summed E-state index contributed by atoms with van der Waals surface area (Å²) in [6, 6.07) is 11.6. The molecule has 0 aromatic heterocycles. The zero-order chi connectivity index (χ0) is 19.6. The van der Waals surface area contributed by atoms with Gasteiger partial charge in [-0.25, -0.2) is 9.18 Å². The minimum Gasteiger partial charge on any atom is -0.463 e. The Morgan fingerprint density at radius 3 is 2.33 bits per heavy atom. The van der Waals surface area contributed by atoms with Gasteiger partial charge in [0.25, 0.3) is 5.78 Å². The van der Waals surface area contributed by atoms with Gasteiger partial charge in [-0.2, -0.15) is 0 Å². The topological polar surface area (TPSA) is 67.4 Å². The summed E-state index contributed by atoms with van der Waals surface area (Å²) >= 11 is 11.2. The van der Waals surface area contributed by atoms with Crippen LogP contribution in [0.2, 0.25) is 5.02 Å². The highest BCUT2D eigenvalue weighted by Crippen LogP contribution is 2.32. The summed E-state index contributed by atoms with van der Waals surface area (Å²) in [4.78, 5) is 24.8. The van der Waals surface area contributed by atoms with Crippen LogP contribution in [-0.2, 0) is 14.3 Å². The number of ether oxygens (including phenoxy) is 1. The quantitative estimate of drug-likeness (QED) is 0.463. The molecule has 0 unspecified atom stereocenters. The predicted molar refractivity (Wildman–Crippen MR) is 103 cm³/mol. The third-order valence-electron chi connectivity index (χ3n) is 4.02. The fraction of sp³-hybridized carbons (Fsp3) is 0.105. The molecular formula is C19H14ClFN2O3S. The number of methoxy groups -OCH3 is 1. The summed E-state index contributed by atoms with van der Waals surface area (Å²) in [5, 5.41) is 6.67. The van der Waals surface area contributed by atoms with Crippen molar-refractivity contribution in [2.75, 3.05) is 7.11 Å². The summed E-state index contributed by atoms with van der Waals surface area (Å²) < 4.78 is 17.9. The van der Waals surface area contributed by atoms with Gasteiger partial charge in [0.15, 0.2) is 5.11 Å². The van der Waals surface area contributed by atoms with Gasteiger partial charge >= 0.3 is 5.97 Å². The van der Waals surface area contributed by atoms with Crippen molar-refractivity contribution in [3.63, 3.8) is 0 Å². The number of ketones is 1. The van der Waals surface area contributed by atoms with E-state index in [1.165, 1.54) is 24.3 Å². The second-order valence-electron chi connectivity index (χ2n) is 5.70. The molecule has 1 aliphatic heterocycles. The van der Waals surface area contributed by atoms with Crippen LogP contribution in [0.15, 0.2) is 54.1 Å². The highest BCUT2D eigenvalue weighted by Gasteiger charge is 2.35. The summed E-state index contributed by atoms with van der Waals surface area (Å²) in [6.45, 7) is 0. The summed E-state index contributed by atoms with van der Waals surface area (Å²) in [5.74, 6) is -2.27. The van der Waals surface area contributed by atoms with Gasteiger partial charge in [0.1, 0.15) is 5.82 Å². The normalized spacial score (nSPS) is 16.4. The van der Waals surface area contributed by atoms with Crippen LogP contribution >= 0.6 is 23.8 Å². The average Bonchev–Trinajstić information content (AvgIpc) is 2.67. The smallest absolute Gasteiger partial charge is 0.379 e. The van der Waals surface area contributed by atoms with E-state index in [4.69, 9.17) is 23.8 Å². The molecule has 3 rings (SSSR count). The van der Waals surface area contributed by atoms with Crippen molar-refractivity contribution in [1.29, 1.82) is 0 Å². The van der Waals surface area contributed by atoms with Gasteiger partial charge in [-0.3, -0.25) is 4.79 Å². The van der Waals surface area contributed by atoms with Crippen LogP contribution < -0.4 is 10.6 Å². The molecule has 8 heteroatoms. The third-order valence-corrected chi connectivity index (χ3v) is 4.50. The van der Waals surface area contributed by atoms with Crippen molar-refractivity contribution in [3.05, 3.63) is 76.1 Å². The first kappa shape index (κ1) is 19.0. The standard InChI is InChI=1S/C19H14ClFN2O3S/c1-26-18(25)17(24)14-15(10-2-6-12(20)7-3-10)22-19(27)23-16(14)11-4-8-13(21)9-5-11/h2-9,15H,1H3,(H2,22,23,27)/t15-/m1/s1. The molecular weight excluding hydrogens is 391 g/mol. The Morgan fingerprint density at radius 1 is 1.11 bits per heavy atom. The minimum atomic E-state index is -1.01. The second-order valence-corrected chi connectivity index (χ2v) is 6.54. The molecule has 5 nitrogen and oxygen atoms in total. The van der Waals surface area contributed by atoms with Gasteiger partial charge in [0, 0.05) is 5.02 Å². The fourth-order valence-corrected chi connectivity index (χ4v) is 3.11. The van der Waals surface area contributed by atoms with Gasteiger partial charge < -0.3 is 15.4 Å². The molecule has 0 amide bonds. The zero-order valence-electron chi connectivity index (χ0n) is 14.1. The van der Waals surface area contributed by atoms with Crippen LogP contribution in [0.25, 0.3) is 5.70 Å². The molecule has 0 aliphatic carbocycles. The minimum absolute atomic E-state index is 0.115. The van der Waals surface area contributed by atoms with Crippen molar-refractivity contribution in [2.45, 2.75) is 6.04 Å². The summed E-state index contributed by atoms with van der Waals surface area (Å²) in [7, 11) is 1.13. The molecule has 2 aromatic rings. The molecule has 0 saturated heterocycles. The number of rotatable bonds is 4. The largest absolute Gasteiger partial charge is 0.463 e. The van der Waals surface area contributed by atoms with Crippen molar-refractivity contribution >= 4 is 46.4 Å². The van der Waals surface area contributed by atoms with E-state index in [0.29, 0.717) is 21.8 Å². The monoisotopic (exact) mass is 404 g/mol. The highest BCUT2D eigenvalue weighted by atomic mass is 35.5. The molecule has 27 heavy (non-hydrogen) atoms. The number of halogens is 2. The number of hydrogen-bond acceptors (Lipinski definition) is 4. The number of Topliss-reactive ketones (excluding diaryl/α,β-unsaturated/α-hetero) is 1. The van der Waals surface area contributed by atoms with E-state index >= 15 is 0 Å². The average molecular weight is 405 g/mol. The fourth-order valence-electron chi connectivity index (χ4n) is 2.76. The highest BCUT2D eigenvalue weighted by molar-refractivity contribution is 7.80. The number of carbonyl (C=O) groups is 2. The Bertz CT molecular complexity index is 942. The number of nitrogens with one attached hydrogen (secondary N) is 2. The first-order valence-corrected chi connectivity index (χ1v) is 8.65. The Balaban J connectivity index is 2.21. The number of esters is 1. The van der Waals surface area contributed by atoms with E-state index < -0.39 is 23.6 Å². The summed E-state index contributed by atoms with van der Waals surface area (Å²) in [5.41, 5.74) is 1.61. The Hall–Kier alpha value is -2.77. The third kappa shape index (κ3) is 3.99. The van der Waals surface area contributed by atoms with Crippen LogP contribution in [0.4, 0.5) is 4.39 Å². The van der Waals surface area contributed by atoms with Crippen LogP contribution in [0.3, 0.4) is 0 Å². The van der Waals surface area contributed by atoms with Crippen molar-refractivity contribution < 1.29 is 18.7 Å². The van der Waals surface area contributed by atoms with E-state index in [2.05, 4.69) is 15.4 Å². The van der Waals surface area contributed by atoms with Crippen LogP contribution in [-0.4, -0.2) is 24.0 Å². The maximum absolute atomic E-state index is 13.3. The Labute approximate surface area is 165 Å². The maximum Gasteiger partial charge on any atom is 0.379 e. The van der Waals surface area contributed by atoms with E-state index in [1.54, 1.807) is 24.3 Å². The van der Waals surface area contributed by atoms with Crippen molar-refractivity contribution in [1.82, 2.24) is 10.6 Å². The first-order valence-electron chi connectivity index (χ1n) is 7.86. The zero-order valence-corrected chi connectivity index (χ0v) is 15.7. The Morgan fingerprint density at radius 2 is 1.74 bits per heavy atom. The summed E-state index contributed by atoms with van der Waals surface area (Å²) in [6.07, 6.45) is 0. The van der Waals surface area contributed by atoms with E-state index in [1.807, 2.05) is 0 Å².